The molecular weight excluding hydrogens is 1310 g/mol. The predicted molar refractivity (Wildman–Crippen MR) is 456 cm³/mol. The summed E-state index contributed by atoms with van der Waals surface area (Å²) in [6.07, 6.45) is 0. The van der Waals surface area contributed by atoms with Crippen LogP contribution in [0.25, 0.3) is 197 Å². The predicted octanol–water partition coefficient (Wildman–Crippen LogP) is 28.1. The van der Waals surface area contributed by atoms with Gasteiger partial charge in [0.05, 0.1) is 54.5 Å². The molecule has 500 valence electrons. The van der Waals surface area contributed by atoms with Crippen LogP contribution in [0.4, 0.5) is 0 Å². The van der Waals surface area contributed by atoms with Gasteiger partial charge in [-0.05, 0) is 158 Å². The number of rotatable bonds is 10. The molecule has 4 nitrogen and oxygen atoms in total. The number of aromatic nitrogens is 4. The van der Waals surface area contributed by atoms with E-state index < -0.39 is 0 Å². The highest BCUT2D eigenvalue weighted by molar-refractivity contribution is 7.26. The molecule has 0 radical (unpaired) electrons. The van der Waals surface area contributed by atoms with Crippen LogP contribution in [0.1, 0.15) is 0 Å². The van der Waals surface area contributed by atoms with E-state index in [1.807, 2.05) is 11.3 Å². The van der Waals surface area contributed by atoms with E-state index in [2.05, 4.69) is 419 Å². The van der Waals surface area contributed by atoms with Gasteiger partial charge in [0.1, 0.15) is 0 Å². The number of hydrogen-bond donors (Lipinski definition) is 0. The van der Waals surface area contributed by atoms with Crippen molar-refractivity contribution in [1.82, 2.24) is 18.3 Å². The summed E-state index contributed by atoms with van der Waals surface area (Å²) in [5, 5.41) is 12.6. The first-order valence-electron chi connectivity index (χ1n) is 36.7. The Labute approximate surface area is 622 Å². The Hall–Kier alpha value is -13.8. The summed E-state index contributed by atoms with van der Waals surface area (Å²) in [6.45, 7) is 0. The molecule has 0 amide bonds. The minimum absolute atomic E-state index is 1.15. The monoisotopic (exact) mass is 1380 g/mol. The SMILES string of the molecule is c1ccc(-c2ccc(-c3cccc(-n4c5ccccc5c5cc6c(cc54)c4ccccc4n6-c4ccc(-c5ccccc5)cc4)c3)cc2)cc1.c1ccc(-c2ccc(-c3cccc(-n4c5ccccc5c5cc6c(cc54)c4ccccc4n6-c4cccc5c4sc4c(-c6ccccc6)cccc45)c3)cc2)cc1. The summed E-state index contributed by atoms with van der Waals surface area (Å²) in [5.41, 5.74) is 29.0. The van der Waals surface area contributed by atoms with Gasteiger partial charge in [0.15, 0.2) is 0 Å². The fourth-order valence-electron chi connectivity index (χ4n) is 16.8. The third kappa shape index (κ3) is 10.4. The molecule has 107 heavy (non-hydrogen) atoms. The van der Waals surface area contributed by atoms with Crippen LogP contribution in [0.15, 0.2) is 400 Å². The molecule has 22 aromatic rings. The normalized spacial score (nSPS) is 11.7. The summed E-state index contributed by atoms with van der Waals surface area (Å²) in [5.74, 6) is 0. The smallest absolute Gasteiger partial charge is 0.0640 e. The number of para-hydroxylation sites is 4. The molecule has 5 heteroatoms. The summed E-state index contributed by atoms with van der Waals surface area (Å²) >= 11 is 1.91. The van der Waals surface area contributed by atoms with Gasteiger partial charge in [-0.15, -0.1) is 11.3 Å². The van der Waals surface area contributed by atoms with E-state index in [0.29, 0.717) is 0 Å². The summed E-state index contributed by atoms with van der Waals surface area (Å²) in [7, 11) is 0. The van der Waals surface area contributed by atoms with Crippen LogP contribution in [0.2, 0.25) is 0 Å². The molecule has 0 N–H and O–H groups in total. The molecule has 22 rings (SSSR count). The van der Waals surface area contributed by atoms with Crippen LogP contribution in [0.5, 0.6) is 0 Å². The van der Waals surface area contributed by atoms with Gasteiger partial charge in [-0.25, -0.2) is 0 Å². The maximum absolute atomic E-state index is 2.51. The number of benzene rings is 17. The molecule has 0 aliphatic carbocycles. The van der Waals surface area contributed by atoms with Gasteiger partial charge in [-0.3, -0.25) is 0 Å². The summed E-state index contributed by atoms with van der Waals surface area (Å²) < 4.78 is 12.4. The van der Waals surface area contributed by atoms with Gasteiger partial charge in [0, 0.05) is 75.6 Å². The number of fused-ring (bicyclic) bond motifs is 15. The minimum Gasteiger partial charge on any atom is -0.309 e. The maximum Gasteiger partial charge on any atom is 0.0640 e. The molecule has 0 spiro atoms. The second kappa shape index (κ2) is 25.5. The van der Waals surface area contributed by atoms with Crippen molar-refractivity contribution in [3.8, 4) is 89.5 Å². The van der Waals surface area contributed by atoms with E-state index >= 15 is 0 Å². The Morgan fingerprint density at radius 1 is 0.150 bits per heavy atom. The van der Waals surface area contributed by atoms with Crippen molar-refractivity contribution >= 4 is 119 Å². The molecule has 0 atom stereocenters. The zero-order valence-corrected chi connectivity index (χ0v) is 59.1. The Morgan fingerprint density at radius 3 is 0.841 bits per heavy atom. The Kier molecular flexibility index (Phi) is 14.8. The largest absolute Gasteiger partial charge is 0.309 e. The molecular formula is C102H66N4S. The maximum atomic E-state index is 2.51. The first-order valence-corrected chi connectivity index (χ1v) is 37.5. The number of nitrogens with zero attached hydrogens (tertiary/aromatic N) is 4. The summed E-state index contributed by atoms with van der Waals surface area (Å²) in [4.78, 5) is 0. The van der Waals surface area contributed by atoms with Gasteiger partial charge in [0.25, 0.3) is 0 Å². The topological polar surface area (TPSA) is 19.7 Å². The Morgan fingerprint density at radius 2 is 0.430 bits per heavy atom. The highest BCUT2D eigenvalue weighted by atomic mass is 32.1. The Bertz CT molecular complexity index is 7180. The molecule has 0 saturated heterocycles. The van der Waals surface area contributed by atoms with Crippen LogP contribution in [-0.2, 0) is 0 Å². The minimum atomic E-state index is 1.15. The fourth-order valence-corrected chi connectivity index (χ4v) is 18.2. The van der Waals surface area contributed by atoms with E-state index in [1.165, 1.54) is 180 Å². The second-order valence-electron chi connectivity index (χ2n) is 27.9. The fraction of sp³-hybridized carbons (Fsp3) is 0. The molecule has 5 aromatic heterocycles. The molecule has 0 saturated carbocycles. The second-order valence-corrected chi connectivity index (χ2v) is 28.9. The van der Waals surface area contributed by atoms with Crippen LogP contribution < -0.4 is 0 Å². The van der Waals surface area contributed by atoms with Crippen molar-refractivity contribution in [1.29, 1.82) is 0 Å². The highest BCUT2D eigenvalue weighted by Gasteiger charge is 2.24. The average molecular weight is 1380 g/mol. The molecule has 0 aliphatic heterocycles. The van der Waals surface area contributed by atoms with Gasteiger partial charge in [-0.2, -0.15) is 0 Å². The van der Waals surface area contributed by atoms with Crippen molar-refractivity contribution in [2.24, 2.45) is 0 Å². The Balaban J connectivity index is 0.000000138. The van der Waals surface area contributed by atoms with E-state index in [1.54, 1.807) is 0 Å². The lowest BCUT2D eigenvalue weighted by Crippen LogP contribution is -1.95. The third-order valence-electron chi connectivity index (χ3n) is 21.9. The van der Waals surface area contributed by atoms with Gasteiger partial charge in [0.2, 0.25) is 0 Å². The molecule has 5 heterocycles. The molecule has 17 aromatic carbocycles. The zero-order valence-electron chi connectivity index (χ0n) is 58.3. The lowest BCUT2D eigenvalue weighted by Gasteiger charge is -2.12. The van der Waals surface area contributed by atoms with Crippen molar-refractivity contribution in [3.05, 3.63) is 400 Å². The quantitative estimate of drug-likeness (QED) is 0.130. The van der Waals surface area contributed by atoms with Crippen LogP contribution >= 0.6 is 11.3 Å². The van der Waals surface area contributed by atoms with Crippen molar-refractivity contribution in [3.63, 3.8) is 0 Å². The van der Waals surface area contributed by atoms with Crippen molar-refractivity contribution < 1.29 is 0 Å². The number of hydrogen-bond acceptors (Lipinski definition) is 1. The first-order chi connectivity index (χ1) is 53.1. The standard InChI is InChI=1S/C54H34N2S.C48H32N2/c1-3-14-35(15-4-1)36-28-30-37(31-29-36)39-18-11-19-40(32-39)55-48-25-9-7-20-42(48)46-34-52-47(33-51(46)55)43-21-8-10-26-49(43)56(52)50-27-13-24-45-44-23-12-22-41(53(44)57-54(45)50)38-16-5-2-6-17-38;1-3-12-33(13-4-1)35-22-24-37(25-23-35)38-16-11-17-40(30-38)50-46-21-10-8-19-42(46)44-31-47-43(32-48(44)50)41-18-7-9-20-45(41)49(47)39-28-26-36(27-29-39)34-14-5-2-6-15-34/h1-34H;1-32H. The van der Waals surface area contributed by atoms with Gasteiger partial charge in [-0.1, -0.05) is 309 Å². The van der Waals surface area contributed by atoms with Gasteiger partial charge < -0.3 is 18.3 Å². The molecule has 0 aliphatic rings. The van der Waals surface area contributed by atoms with E-state index in [9.17, 15) is 0 Å². The molecule has 0 unspecified atom stereocenters. The van der Waals surface area contributed by atoms with Crippen LogP contribution in [0.3, 0.4) is 0 Å². The highest BCUT2D eigenvalue weighted by Crippen LogP contribution is 2.47. The molecule has 0 fully saturated rings. The molecule has 0 bridgehead atoms. The lowest BCUT2D eigenvalue weighted by atomic mass is 10.00. The van der Waals surface area contributed by atoms with E-state index in [0.717, 1.165) is 17.1 Å². The van der Waals surface area contributed by atoms with Gasteiger partial charge >= 0.3 is 0 Å². The van der Waals surface area contributed by atoms with Crippen molar-refractivity contribution in [2.45, 2.75) is 0 Å². The third-order valence-corrected chi connectivity index (χ3v) is 23.1. The van der Waals surface area contributed by atoms with E-state index in [-0.39, 0.29) is 0 Å². The average Bonchev–Trinajstić information content (AvgIpc) is 1.57. The lowest BCUT2D eigenvalue weighted by molar-refractivity contribution is 1.17. The summed E-state index contributed by atoms with van der Waals surface area (Å²) in [6, 6.07) is 146. The van der Waals surface area contributed by atoms with Crippen LogP contribution in [0, 0.1) is 0 Å². The first kappa shape index (κ1) is 61.8. The number of thiophene rings is 1. The zero-order chi connectivity index (χ0) is 70.5. The van der Waals surface area contributed by atoms with E-state index in [4.69, 9.17) is 0 Å². The van der Waals surface area contributed by atoms with Crippen LogP contribution in [-0.4, -0.2) is 18.3 Å². The van der Waals surface area contributed by atoms with Crippen molar-refractivity contribution in [2.75, 3.05) is 0 Å².